The zero-order valence-electron chi connectivity index (χ0n) is 13.3. The largest absolute Gasteiger partial charge is 0.478 e. The van der Waals surface area contributed by atoms with E-state index in [-0.39, 0.29) is 28.5 Å². The van der Waals surface area contributed by atoms with Crippen molar-refractivity contribution in [1.29, 1.82) is 0 Å². The van der Waals surface area contributed by atoms with E-state index in [4.69, 9.17) is 9.84 Å². The van der Waals surface area contributed by atoms with Gasteiger partial charge in [-0.3, -0.25) is 4.79 Å². The Hall–Kier alpha value is -2.52. The number of carboxylic acid groups (broad SMARTS) is 1. The number of thiophene rings is 1. The van der Waals surface area contributed by atoms with Crippen LogP contribution in [0.3, 0.4) is 0 Å². The maximum absolute atomic E-state index is 12.5. The molecule has 0 atom stereocenters. The summed E-state index contributed by atoms with van der Waals surface area (Å²) < 4.78 is 34.2. The van der Waals surface area contributed by atoms with Crippen LogP contribution in [-0.2, 0) is 11.3 Å². The van der Waals surface area contributed by atoms with E-state index in [1.807, 2.05) is 0 Å². The molecule has 1 heterocycles. The maximum Gasteiger partial charge on any atom is 0.387 e. The first kappa shape index (κ1) is 18.8. The van der Waals surface area contributed by atoms with Gasteiger partial charge < -0.3 is 19.9 Å². The lowest BCUT2D eigenvalue weighted by molar-refractivity contribution is -0.0498. The predicted molar refractivity (Wildman–Crippen MR) is 87.8 cm³/mol. The van der Waals surface area contributed by atoms with E-state index in [1.54, 1.807) is 13.0 Å². The number of carbonyl (C=O) groups is 2. The highest BCUT2D eigenvalue weighted by Gasteiger charge is 2.20. The summed E-state index contributed by atoms with van der Waals surface area (Å²) in [4.78, 5) is 24.2. The summed E-state index contributed by atoms with van der Waals surface area (Å²) in [5.74, 6) is -2.05. The van der Waals surface area contributed by atoms with E-state index in [1.165, 1.54) is 25.3 Å². The number of halogens is 2. The zero-order valence-corrected chi connectivity index (χ0v) is 14.2. The lowest BCUT2D eigenvalue weighted by Gasteiger charge is -2.10. The minimum atomic E-state index is -3.05. The van der Waals surface area contributed by atoms with Gasteiger partial charge >= 0.3 is 12.6 Å². The summed E-state index contributed by atoms with van der Waals surface area (Å²) in [6.45, 7) is -1.24. The third-order valence-corrected chi connectivity index (χ3v) is 4.08. The fourth-order valence-electron chi connectivity index (χ4n) is 2.16. The molecule has 0 radical (unpaired) electrons. The van der Waals surface area contributed by atoms with E-state index >= 15 is 0 Å². The first-order chi connectivity index (χ1) is 11.8. The van der Waals surface area contributed by atoms with Crippen molar-refractivity contribution in [3.05, 3.63) is 45.1 Å². The van der Waals surface area contributed by atoms with Gasteiger partial charge in [-0.05, 0) is 36.8 Å². The molecule has 0 unspecified atom stereocenters. The number of carbonyl (C=O) groups excluding carboxylic acids is 1. The molecule has 0 fully saturated rings. The van der Waals surface area contributed by atoms with Gasteiger partial charge in [0, 0.05) is 17.7 Å². The molecular formula is C16H15F2NO5S. The third kappa shape index (κ3) is 4.97. The van der Waals surface area contributed by atoms with Gasteiger partial charge in [0.15, 0.2) is 0 Å². The number of methoxy groups -OCH3 is 1. The zero-order chi connectivity index (χ0) is 18.6. The topological polar surface area (TPSA) is 84.9 Å². The molecule has 25 heavy (non-hydrogen) atoms. The van der Waals surface area contributed by atoms with Gasteiger partial charge in [-0.2, -0.15) is 8.78 Å². The van der Waals surface area contributed by atoms with Crippen LogP contribution in [0.1, 0.15) is 30.5 Å². The fraction of sp³-hybridized carbons (Fsp3) is 0.250. The number of hydrogen-bond acceptors (Lipinski definition) is 5. The standard InChI is InChI=1S/C16H15F2NO5S/c1-8-3-12(24-16(17)18)13(25-8)14(20)19-11-5-9(7-23-2)4-10(6-11)15(21)22/h3-6,16H,7H2,1-2H3,(H,19,20)(H,21,22). The van der Waals surface area contributed by atoms with Crippen LogP contribution in [-0.4, -0.2) is 30.7 Å². The molecule has 2 aromatic rings. The van der Waals surface area contributed by atoms with Crippen LogP contribution in [0, 0.1) is 6.92 Å². The van der Waals surface area contributed by atoms with Crippen LogP contribution < -0.4 is 10.1 Å². The summed E-state index contributed by atoms with van der Waals surface area (Å²) in [6, 6.07) is 5.58. The summed E-state index contributed by atoms with van der Waals surface area (Å²) in [6.07, 6.45) is 0. The lowest BCUT2D eigenvalue weighted by atomic mass is 10.1. The molecule has 0 saturated carbocycles. The van der Waals surface area contributed by atoms with Gasteiger partial charge in [0.05, 0.1) is 12.2 Å². The van der Waals surface area contributed by atoms with Gasteiger partial charge in [-0.1, -0.05) is 0 Å². The van der Waals surface area contributed by atoms with Crippen molar-refractivity contribution < 1.29 is 33.0 Å². The van der Waals surface area contributed by atoms with E-state index in [0.717, 1.165) is 11.3 Å². The van der Waals surface area contributed by atoms with Gasteiger partial charge in [-0.15, -0.1) is 11.3 Å². The van der Waals surface area contributed by atoms with E-state index in [2.05, 4.69) is 10.1 Å². The van der Waals surface area contributed by atoms with Crippen molar-refractivity contribution >= 4 is 28.9 Å². The number of ether oxygens (including phenoxy) is 2. The summed E-state index contributed by atoms with van der Waals surface area (Å²) in [7, 11) is 1.45. The number of aromatic carboxylic acids is 1. The molecule has 6 nitrogen and oxygen atoms in total. The number of amides is 1. The van der Waals surface area contributed by atoms with Crippen molar-refractivity contribution in [2.75, 3.05) is 12.4 Å². The number of carboxylic acids is 1. The van der Waals surface area contributed by atoms with Crippen molar-refractivity contribution in [1.82, 2.24) is 0 Å². The molecule has 1 aromatic heterocycles. The highest BCUT2D eigenvalue weighted by Crippen LogP contribution is 2.31. The Balaban J connectivity index is 2.30. The Labute approximate surface area is 146 Å². The average molecular weight is 371 g/mol. The summed E-state index contributed by atoms with van der Waals surface area (Å²) >= 11 is 0.997. The van der Waals surface area contributed by atoms with E-state index in [0.29, 0.717) is 10.4 Å². The molecule has 2 rings (SSSR count). The summed E-state index contributed by atoms with van der Waals surface area (Å²) in [5, 5.41) is 11.7. The van der Waals surface area contributed by atoms with Gasteiger partial charge in [0.1, 0.15) is 10.6 Å². The molecular weight excluding hydrogens is 356 g/mol. The number of benzene rings is 1. The van der Waals surface area contributed by atoms with Crippen LogP contribution in [0.15, 0.2) is 24.3 Å². The van der Waals surface area contributed by atoms with Crippen molar-refractivity contribution in [2.45, 2.75) is 20.1 Å². The molecule has 0 saturated heterocycles. The Morgan fingerprint density at radius 3 is 2.60 bits per heavy atom. The highest BCUT2D eigenvalue weighted by atomic mass is 32.1. The predicted octanol–water partition coefficient (Wildman–Crippen LogP) is 3.75. The van der Waals surface area contributed by atoms with Gasteiger partial charge in [-0.25, -0.2) is 4.79 Å². The second-order valence-corrected chi connectivity index (χ2v) is 6.30. The maximum atomic E-state index is 12.5. The first-order valence-electron chi connectivity index (χ1n) is 7.03. The molecule has 0 aliphatic rings. The Bertz CT molecular complexity index is 791. The van der Waals surface area contributed by atoms with Crippen LogP contribution in [0.25, 0.3) is 0 Å². The quantitative estimate of drug-likeness (QED) is 0.774. The molecule has 1 amide bonds. The number of aryl methyl sites for hydroxylation is 1. The number of nitrogens with one attached hydrogen (secondary N) is 1. The number of rotatable bonds is 7. The molecule has 0 bridgehead atoms. The van der Waals surface area contributed by atoms with Crippen LogP contribution in [0.5, 0.6) is 5.75 Å². The Morgan fingerprint density at radius 2 is 2.00 bits per heavy atom. The Kier molecular flexibility index (Phi) is 6.05. The number of hydrogen-bond donors (Lipinski definition) is 2. The molecule has 0 aliphatic heterocycles. The first-order valence-corrected chi connectivity index (χ1v) is 7.84. The monoisotopic (exact) mass is 371 g/mol. The van der Waals surface area contributed by atoms with Crippen LogP contribution >= 0.6 is 11.3 Å². The minimum absolute atomic E-state index is 0.0215. The van der Waals surface area contributed by atoms with E-state index < -0.39 is 18.5 Å². The molecule has 0 aliphatic carbocycles. The third-order valence-electron chi connectivity index (χ3n) is 3.05. The number of alkyl halides is 2. The Morgan fingerprint density at radius 1 is 1.28 bits per heavy atom. The molecule has 2 N–H and O–H groups in total. The SMILES string of the molecule is COCc1cc(NC(=O)c2sc(C)cc2OC(F)F)cc(C(=O)O)c1. The van der Waals surface area contributed by atoms with Crippen molar-refractivity contribution in [3.63, 3.8) is 0 Å². The normalized spacial score (nSPS) is 10.8. The molecule has 9 heteroatoms. The highest BCUT2D eigenvalue weighted by molar-refractivity contribution is 7.14. The smallest absolute Gasteiger partial charge is 0.387 e. The van der Waals surface area contributed by atoms with Gasteiger partial charge in [0.2, 0.25) is 0 Å². The average Bonchev–Trinajstić information content (AvgIpc) is 2.87. The second-order valence-electron chi connectivity index (χ2n) is 5.04. The minimum Gasteiger partial charge on any atom is -0.478 e. The van der Waals surface area contributed by atoms with Crippen molar-refractivity contribution in [3.8, 4) is 5.75 Å². The van der Waals surface area contributed by atoms with Crippen LogP contribution in [0.2, 0.25) is 0 Å². The van der Waals surface area contributed by atoms with E-state index in [9.17, 15) is 18.4 Å². The molecule has 0 spiro atoms. The lowest BCUT2D eigenvalue weighted by Crippen LogP contribution is -2.14. The summed E-state index contributed by atoms with van der Waals surface area (Å²) in [5.41, 5.74) is 0.728. The van der Waals surface area contributed by atoms with Gasteiger partial charge in [0.25, 0.3) is 5.91 Å². The van der Waals surface area contributed by atoms with Crippen molar-refractivity contribution in [2.24, 2.45) is 0 Å². The molecule has 1 aromatic carbocycles. The molecule has 134 valence electrons. The second kappa shape index (κ2) is 8.04. The van der Waals surface area contributed by atoms with Crippen LogP contribution in [0.4, 0.5) is 14.5 Å². The fourth-order valence-corrected chi connectivity index (χ4v) is 3.00. The number of anilines is 1.